The molecular formula is C44H56B28. The van der Waals surface area contributed by atoms with Gasteiger partial charge in [-0.3, -0.25) is 0 Å². The molecule has 0 fully saturated rings. The quantitative estimate of drug-likeness (QED) is 0.122. The topological polar surface area (TPSA) is 0 Å². The summed E-state index contributed by atoms with van der Waals surface area (Å²) in [5.41, 5.74) is 47.8. The molecule has 0 spiro atoms. The van der Waals surface area contributed by atoms with Gasteiger partial charge < -0.3 is 0 Å². The molecule has 0 aromatic heterocycles. The number of hydrogen-bond donors (Lipinski definition) is 0. The molecule has 0 bridgehead atoms. The number of fused-ring (bicyclic) bond motifs is 5. The summed E-state index contributed by atoms with van der Waals surface area (Å²) in [5, 5.41) is 14.3. The smallest absolute Gasteiger partial charge is 0.101 e. The van der Waals surface area contributed by atoms with Gasteiger partial charge in [0.25, 0.3) is 0 Å². The number of hydrogen-bond acceptors (Lipinski definition) is 0. The Kier molecular flexibility index (Phi) is 13.1. The molecule has 28 heteroatoms. The van der Waals surface area contributed by atoms with Gasteiger partial charge in [0.05, 0.1) is 0 Å². The normalized spacial score (nSPS) is 11.8. The SMILES string of the molecule is Bc1c(B)c(B)c2c(B)c(-c3c4c(B)c(B)c(B)c(B)c4c(-c4c(B)c(B)c(B)c5c(B)c(B)c(B)c(B)c45)c4c(B)c(B)c(-c5c(B)c(B)c(B)c6c(B)c(B)c(B)c(B)c56)c(B)c34)c(B)c(B)c2c1B. The molecule has 316 valence electrons. The zero-order valence-electron chi connectivity index (χ0n) is 50.0. The maximum Gasteiger partial charge on any atom is 0.140 e. The molecular weight excluding hydrogens is 831 g/mol. The molecule has 0 atom stereocenters. The molecule has 0 N–H and O–H groups in total. The summed E-state index contributed by atoms with van der Waals surface area (Å²) in [4.78, 5) is 0. The monoisotopic (exact) mass is 893 g/mol. The van der Waals surface area contributed by atoms with Crippen LogP contribution < -0.4 is 153 Å². The van der Waals surface area contributed by atoms with Crippen LogP contribution in [0.4, 0.5) is 0 Å². The highest BCUT2D eigenvalue weighted by Crippen LogP contribution is 2.42. The summed E-state index contributed by atoms with van der Waals surface area (Å²) < 4.78 is 0. The molecule has 0 unspecified atom stereocenters. The van der Waals surface area contributed by atoms with Crippen LogP contribution in [0.3, 0.4) is 0 Å². The van der Waals surface area contributed by atoms with Crippen LogP contribution in [0.2, 0.25) is 0 Å². The second-order valence-corrected chi connectivity index (χ2v) is 23.5. The van der Waals surface area contributed by atoms with E-state index in [1.54, 1.807) is 0 Å². The highest BCUT2D eigenvalue weighted by molar-refractivity contribution is 6.78. The summed E-state index contributed by atoms with van der Waals surface area (Å²) in [6.45, 7) is 0. The van der Waals surface area contributed by atoms with Crippen LogP contribution in [0, 0.1) is 0 Å². The fourth-order valence-corrected chi connectivity index (χ4v) is 14.8. The summed E-state index contributed by atoms with van der Waals surface area (Å²) in [7, 11) is 67.3. The first-order chi connectivity index (χ1) is 33.5. The molecule has 9 aromatic rings. The van der Waals surface area contributed by atoms with Gasteiger partial charge in [-0.15, -0.1) is 54.6 Å². The maximum atomic E-state index is 2.52. The van der Waals surface area contributed by atoms with Crippen LogP contribution in [0.25, 0.3) is 87.2 Å². The predicted octanol–water partition coefficient (Wildman–Crippen LogP) is -36.3. The molecule has 0 aliphatic carbocycles. The fraction of sp³-hybridized carbons (Fsp3) is 0. The third-order valence-corrected chi connectivity index (χ3v) is 21.1. The lowest BCUT2D eigenvalue weighted by Gasteiger charge is -2.33. The highest BCUT2D eigenvalue weighted by atomic mass is 14.3. The molecule has 0 saturated carbocycles. The average Bonchev–Trinajstić information content (AvgIpc) is 3.34. The van der Waals surface area contributed by atoms with Crippen molar-refractivity contribution in [3.63, 3.8) is 0 Å². The Morgan fingerprint density at radius 3 is 0.514 bits per heavy atom. The molecule has 0 aliphatic rings. The minimum absolute atomic E-state index is 1.39. The fourth-order valence-electron chi connectivity index (χ4n) is 14.8. The Balaban J connectivity index is 1.74. The second-order valence-electron chi connectivity index (χ2n) is 23.5. The van der Waals surface area contributed by atoms with Gasteiger partial charge in [-0.1, -0.05) is 98.3 Å². The second kappa shape index (κ2) is 17.9. The number of benzene rings is 9. The highest BCUT2D eigenvalue weighted by Gasteiger charge is 2.32. The van der Waals surface area contributed by atoms with Crippen molar-refractivity contribution in [1.82, 2.24) is 0 Å². The number of rotatable bonds is 3. The Morgan fingerprint density at radius 2 is 0.208 bits per heavy atom. The zero-order valence-corrected chi connectivity index (χ0v) is 50.0. The Morgan fingerprint density at radius 1 is 0.0833 bits per heavy atom. The van der Waals surface area contributed by atoms with Crippen molar-refractivity contribution in [3.8, 4) is 33.4 Å². The van der Waals surface area contributed by atoms with Gasteiger partial charge in [0, 0.05) is 0 Å². The van der Waals surface area contributed by atoms with Crippen LogP contribution in [0.5, 0.6) is 0 Å². The Hall–Kier alpha value is -3.90. The van der Waals surface area contributed by atoms with Crippen molar-refractivity contribution in [1.29, 1.82) is 0 Å². The van der Waals surface area contributed by atoms with Gasteiger partial charge in [-0.25, -0.2) is 0 Å². The van der Waals surface area contributed by atoms with Crippen LogP contribution in [-0.4, -0.2) is 220 Å². The molecule has 9 rings (SSSR count). The summed E-state index contributed by atoms with van der Waals surface area (Å²) in [6, 6.07) is 0. The van der Waals surface area contributed by atoms with Crippen molar-refractivity contribution in [3.05, 3.63) is 0 Å². The maximum absolute atomic E-state index is 2.52. The van der Waals surface area contributed by atoms with E-state index >= 15 is 0 Å². The summed E-state index contributed by atoms with van der Waals surface area (Å²) >= 11 is 0. The molecule has 0 nitrogen and oxygen atoms in total. The van der Waals surface area contributed by atoms with E-state index in [1.165, 1.54) is 240 Å². The van der Waals surface area contributed by atoms with Gasteiger partial charge >= 0.3 is 0 Å². The molecule has 72 heavy (non-hydrogen) atoms. The van der Waals surface area contributed by atoms with Crippen LogP contribution in [0.1, 0.15) is 0 Å². The van der Waals surface area contributed by atoms with Gasteiger partial charge in [-0.05, 0) is 87.2 Å². The minimum Gasteiger partial charge on any atom is -0.101 e. The van der Waals surface area contributed by atoms with E-state index in [4.69, 9.17) is 0 Å². The average molecular weight is 888 g/mol. The molecule has 0 saturated heterocycles. The van der Waals surface area contributed by atoms with Crippen LogP contribution >= 0.6 is 0 Å². The van der Waals surface area contributed by atoms with E-state index in [1.807, 2.05) is 0 Å². The van der Waals surface area contributed by atoms with Crippen LogP contribution in [-0.2, 0) is 0 Å². The van der Waals surface area contributed by atoms with E-state index in [0.29, 0.717) is 0 Å². The van der Waals surface area contributed by atoms with Crippen LogP contribution in [0.15, 0.2) is 0 Å². The Labute approximate surface area is 456 Å². The van der Waals surface area contributed by atoms with E-state index in [0.717, 1.165) is 0 Å². The lowest BCUT2D eigenvalue weighted by Crippen LogP contribution is -2.53. The largest absolute Gasteiger partial charge is 0.140 e. The Bertz CT molecular complexity index is 4110. The van der Waals surface area contributed by atoms with E-state index in [-0.39, 0.29) is 0 Å². The third kappa shape index (κ3) is 6.72. The van der Waals surface area contributed by atoms with E-state index in [9.17, 15) is 0 Å². The van der Waals surface area contributed by atoms with Crippen molar-refractivity contribution >= 4 is 427 Å². The van der Waals surface area contributed by atoms with Crippen molar-refractivity contribution in [2.45, 2.75) is 0 Å². The lowest BCUT2D eigenvalue weighted by atomic mass is 9.55. The molecule has 0 amide bonds. The van der Waals surface area contributed by atoms with Gasteiger partial charge in [-0.2, -0.15) is 0 Å². The molecule has 0 heterocycles. The molecule has 0 aliphatic heterocycles. The standard InChI is InChI=1S/C44H56B28/c45-17-3-2(11-18(46)15-16(28(56)26(11)54)34(62)44(72)43(71)33(15)61)7-5(21(49)37(65)38(66)22(7)50)1(6-8-13(29(57)35(63)20(6)48)31(59)41(69)39(67)24(8)52)4(3)19(47)27(55)12(17)9-10-14(30(58)36(64)23(9)51)32(60)42(70)40(68)25(10)53/h45-72H2. The first kappa shape index (κ1) is 52.9. The van der Waals surface area contributed by atoms with Crippen molar-refractivity contribution in [2.75, 3.05) is 0 Å². The van der Waals surface area contributed by atoms with Crippen molar-refractivity contribution in [2.24, 2.45) is 0 Å². The summed E-state index contributed by atoms with van der Waals surface area (Å²) in [5.74, 6) is 0. The first-order valence-electron chi connectivity index (χ1n) is 27.0. The summed E-state index contributed by atoms with van der Waals surface area (Å²) in [6.07, 6.45) is 0. The van der Waals surface area contributed by atoms with Crippen molar-refractivity contribution < 1.29 is 0 Å². The third-order valence-electron chi connectivity index (χ3n) is 21.1. The molecule has 0 radical (unpaired) electrons. The van der Waals surface area contributed by atoms with E-state index in [2.05, 4.69) is 220 Å². The molecule has 9 aromatic carbocycles. The minimum atomic E-state index is 1.39. The van der Waals surface area contributed by atoms with Gasteiger partial charge in [0.2, 0.25) is 0 Å². The first-order valence-corrected chi connectivity index (χ1v) is 27.0. The zero-order chi connectivity index (χ0) is 53.4. The lowest BCUT2D eigenvalue weighted by molar-refractivity contribution is 1.84. The van der Waals surface area contributed by atoms with Gasteiger partial charge in [0.15, 0.2) is 0 Å². The van der Waals surface area contributed by atoms with E-state index < -0.39 is 0 Å². The van der Waals surface area contributed by atoms with Gasteiger partial charge in [0.1, 0.15) is 220 Å². The predicted molar refractivity (Wildman–Crippen MR) is 419 cm³/mol.